The first-order chi connectivity index (χ1) is 8.63. The maximum atomic E-state index is 9.54. The van der Waals surface area contributed by atoms with Crippen molar-refractivity contribution in [2.45, 2.75) is 25.8 Å². The maximum Gasteiger partial charge on any atom is 0.137 e. The van der Waals surface area contributed by atoms with Crippen LogP contribution in [0.5, 0.6) is 0 Å². The van der Waals surface area contributed by atoms with Crippen LogP contribution < -0.4 is 0 Å². The van der Waals surface area contributed by atoms with Crippen molar-refractivity contribution in [2.24, 2.45) is 5.41 Å². The fraction of sp³-hybridized carbons (Fsp3) is 0.500. The van der Waals surface area contributed by atoms with Gasteiger partial charge in [-0.15, -0.1) is 0 Å². The summed E-state index contributed by atoms with van der Waals surface area (Å²) in [6.45, 7) is 0.941. The topological polar surface area (TPSA) is 50.9 Å². The molecule has 1 aliphatic carbocycles. The van der Waals surface area contributed by atoms with E-state index >= 15 is 0 Å². The summed E-state index contributed by atoms with van der Waals surface area (Å²) in [6, 6.07) is 1.82. The Morgan fingerprint density at radius 2 is 2.28 bits per heavy atom. The number of aliphatic hydroxyl groups is 1. The maximum absolute atomic E-state index is 9.54. The monoisotopic (exact) mass is 329 g/mol. The first kappa shape index (κ1) is 12.4. The van der Waals surface area contributed by atoms with Gasteiger partial charge in [0.05, 0.1) is 17.5 Å². The van der Waals surface area contributed by atoms with Gasteiger partial charge in [0.25, 0.3) is 0 Å². The van der Waals surface area contributed by atoms with E-state index in [1.807, 2.05) is 10.7 Å². The molecule has 0 unspecified atom stereocenters. The fourth-order valence-corrected chi connectivity index (χ4v) is 3.14. The Kier molecular flexibility index (Phi) is 3.08. The molecule has 1 saturated carbocycles. The zero-order chi connectivity index (χ0) is 12.8. The van der Waals surface area contributed by atoms with Gasteiger partial charge in [0, 0.05) is 24.2 Å². The quantitative estimate of drug-likeness (QED) is 0.880. The summed E-state index contributed by atoms with van der Waals surface area (Å²) in [4.78, 5) is 4.06. The second-order valence-corrected chi connectivity index (χ2v) is 6.12. The molecule has 0 atom stereocenters. The van der Waals surface area contributed by atoms with Gasteiger partial charge in [-0.05, 0) is 28.8 Å². The molecule has 0 saturated heterocycles. The zero-order valence-corrected chi connectivity index (χ0v) is 12.1. The number of rotatable bonds is 3. The highest BCUT2D eigenvalue weighted by atomic mass is 79.9. The van der Waals surface area contributed by atoms with Crippen LogP contribution in [0.4, 0.5) is 0 Å². The highest BCUT2D eigenvalue weighted by Crippen LogP contribution is 2.42. The summed E-state index contributed by atoms with van der Waals surface area (Å²) in [5.74, 6) is 0. The van der Waals surface area contributed by atoms with Crippen molar-refractivity contribution in [3.8, 4) is 0 Å². The van der Waals surface area contributed by atoms with Crippen LogP contribution in [0.15, 0.2) is 16.9 Å². The van der Waals surface area contributed by atoms with E-state index in [0.717, 1.165) is 34.9 Å². The Bertz CT molecular complexity index is 589. The molecule has 2 aromatic heterocycles. The van der Waals surface area contributed by atoms with E-state index in [1.165, 1.54) is 6.42 Å². The molecule has 4 nitrogen and oxygen atoms in total. The van der Waals surface area contributed by atoms with Crippen molar-refractivity contribution in [1.82, 2.24) is 14.8 Å². The second kappa shape index (κ2) is 4.47. The first-order valence-electron chi connectivity index (χ1n) is 5.92. The van der Waals surface area contributed by atoms with E-state index < -0.39 is 0 Å². The van der Waals surface area contributed by atoms with Crippen LogP contribution in [0, 0.1) is 5.41 Å². The predicted octanol–water partition coefficient (Wildman–Crippen LogP) is 3.01. The van der Waals surface area contributed by atoms with Crippen molar-refractivity contribution in [3.05, 3.63) is 22.0 Å². The van der Waals surface area contributed by atoms with Gasteiger partial charge in [-0.25, -0.2) is 4.98 Å². The van der Waals surface area contributed by atoms with Crippen molar-refractivity contribution in [3.63, 3.8) is 0 Å². The summed E-state index contributed by atoms with van der Waals surface area (Å²) in [7, 11) is 0. The molecule has 2 aromatic rings. The third-order valence-corrected chi connectivity index (χ3v) is 4.58. The lowest BCUT2D eigenvalue weighted by Gasteiger charge is -2.40. The minimum absolute atomic E-state index is 0.00582. The Balaban J connectivity index is 2.03. The summed E-state index contributed by atoms with van der Waals surface area (Å²) in [5.41, 5.74) is 0.954. The van der Waals surface area contributed by atoms with E-state index in [4.69, 9.17) is 11.6 Å². The number of aromatic nitrogens is 3. The number of pyridine rings is 1. The minimum atomic E-state index is -0.00582. The number of nitrogens with zero attached hydrogens (tertiary/aromatic N) is 3. The van der Waals surface area contributed by atoms with Gasteiger partial charge < -0.3 is 5.11 Å². The van der Waals surface area contributed by atoms with E-state index in [9.17, 15) is 5.11 Å². The molecular formula is C12H13BrClN3O. The molecule has 0 spiro atoms. The van der Waals surface area contributed by atoms with Crippen LogP contribution in [0.3, 0.4) is 0 Å². The predicted molar refractivity (Wildman–Crippen MR) is 73.6 cm³/mol. The van der Waals surface area contributed by atoms with Gasteiger partial charge in [0.15, 0.2) is 0 Å². The fourth-order valence-electron chi connectivity index (χ4n) is 2.49. The molecule has 6 heteroatoms. The summed E-state index contributed by atoms with van der Waals surface area (Å²) in [6.07, 6.45) is 5.02. The van der Waals surface area contributed by atoms with E-state index in [2.05, 4.69) is 26.0 Å². The normalized spacial score (nSPS) is 17.9. The zero-order valence-electron chi connectivity index (χ0n) is 9.74. The number of halogens is 2. The SMILES string of the molecule is OCC1(Cn2nc(Br)c3cnc(Cl)cc32)CCC1. The van der Waals surface area contributed by atoms with Gasteiger partial charge in [0.1, 0.15) is 9.76 Å². The molecule has 0 radical (unpaired) electrons. The van der Waals surface area contributed by atoms with Crippen molar-refractivity contribution in [1.29, 1.82) is 0 Å². The number of hydrogen-bond acceptors (Lipinski definition) is 3. The Morgan fingerprint density at radius 1 is 1.50 bits per heavy atom. The van der Waals surface area contributed by atoms with E-state index in [1.54, 1.807) is 6.20 Å². The number of fused-ring (bicyclic) bond motifs is 1. The van der Waals surface area contributed by atoms with Crippen molar-refractivity contribution < 1.29 is 5.11 Å². The third kappa shape index (κ3) is 1.94. The molecule has 1 fully saturated rings. The summed E-state index contributed by atoms with van der Waals surface area (Å²) < 4.78 is 2.69. The second-order valence-electron chi connectivity index (χ2n) is 4.98. The van der Waals surface area contributed by atoms with Crippen molar-refractivity contribution >= 4 is 38.4 Å². The molecule has 96 valence electrons. The standard InChI is InChI=1S/C12H13BrClN3O/c13-11-8-5-15-10(14)4-9(8)17(16-11)6-12(7-18)2-1-3-12/h4-5,18H,1-3,6-7H2. The number of aliphatic hydroxyl groups excluding tert-OH is 1. The van der Waals surface area contributed by atoms with Crippen LogP contribution in [0.25, 0.3) is 10.9 Å². The molecule has 0 amide bonds. The van der Waals surface area contributed by atoms with Crippen LogP contribution >= 0.6 is 27.5 Å². The summed E-state index contributed by atoms with van der Waals surface area (Å²) >= 11 is 9.37. The minimum Gasteiger partial charge on any atom is -0.396 e. The molecular weight excluding hydrogens is 318 g/mol. The third-order valence-electron chi connectivity index (χ3n) is 3.79. The molecule has 18 heavy (non-hydrogen) atoms. The van der Waals surface area contributed by atoms with Crippen LogP contribution in [-0.2, 0) is 6.54 Å². The number of hydrogen-bond donors (Lipinski definition) is 1. The Morgan fingerprint density at radius 3 is 2.89 bits per heavy atom. The van der Waals surface area contributed by atoms with Gasteiger partial charge >= 0.3 is 0 Å². The largest absolute Gasteiger partial charge is 0.396 e. The molecule has 0 aliphatic heterocycles. The van der Waals surface area contributed by atoms with Crippen LogP contribution in [-0.4, -0.2) is 26.5 Å². The van der Waals surface area contributed by atoms with Crippen LogP contribution in [0.1, 0.15) is 19.3 Å². The molecule has 3 rings (SSSR count). The molecule has 1 aliphatic rings. The first-order valence-corrected chi connectivity index (χ1v) is 7.09. The molecule has 0 bridgehead atoms. The molecule has 0 aromatic carbocycles. The highest BCUT2D eigenvalue weighted by molar-refractivity contribution is 9.10. The lowest BCUT2D eigenvalue weighted by molar-refractivity contribution is 0.0254. The molecule has 1 N–H and O–H groups in total. The van der Waals surface area contributed by atoms with Gasteiger partial charge in [-0.3, -0.25) is 4.68 Å². The van der Waals surface area contributed by atoms with Gasteiger partial charge in [0.2, 0.25) is 0 Å². The van der Waals surface area contributed by atoms with E-state index in [-0.39, 0.29) is 12.0 Å². The van der Waals surface area contributed by atoms with Gasteiger partial charge in [-0.1, -0.05) is 18.0 Å². The van der Waals surface area contributed by atoms with Gasteiger partial charge in [-0.2, -0.15) is 5.10 Å². The molecule has 2 heterocycles. The average molecular weight is 331 g/mol. The Labute approximate surface area is 118 Å². The van der Waals surface area contributed by atoms with Crippen molar-refractivity contribution in [2.75, 3.05) is 6.61 Å². The smallest absolute Gasteiger partial charge is 0.137 e. The Hall–Kier alpha value is -0.650. The lowest BCUT2D eigenvalue weighted by Crippen LogP contribution is -2.37. The highest BCUT2D eigenvalue weighted by Gasteiger charge is 2.37. The summed E-state index contributed by atoms with van der Waals surface area (Å²) in [5, 5.41) is 15.4. The average Bonchev–Trinajstić information content (AvgIpc) is 2.60. The van der Waals surface area contributed by atoms with E-state index in [0.29, 0.717) is 5.15 Å². The van der Waals surface area contributed by atoms with Crippen LogP contribution in [0.2, 0.25) is 5.15 Å². The lowest BCUT2D eigenvalue weighted by atomic mass is 9.69.